The van der Waals surface area contributed by atoms with Crippen LogP contribution in [0.4, 0.5) is 0 Å². The lowest BCUT2D eigenvalue weighted by atomic mass is 10.2. The van der Waals surface area contributed by atoms with Gasteiger partial charge in [0.2, 0.25) is 0 Å². The third-order valence-electron chi connectivity index (χ3n) is 1.48. The van der Waals surface area contributed by atoms with E-state index in [2.05, 4.69) is 6.92 Å². The first-order valence-corrected chi connectivity index (χ1v) is 5.11. The van der Waals surface area contributed by atoms with Gasteiger partial charge in [0.15, 0.2) is 0 Å². The van der Waals surface area contributed by atoms with E-state index >= 15 is 0 Å². The van der Waals surface area contributed by atoms with Gasteiger partial charge < -0.3 is 5.11 Å². The Morgan fingerprint density at radius 1 is 1.55 bits per heavy atom. The fraction of sp³-hybridized carbons (Fsp3) is 0.571. The van der Waals surface area contributed by atoms with E-state index in [1.54, 1.807) is 23.5 Å². The smallest absolute Gasteiger partial charge is 0.303 e. The molecule has 0 saturated heterocycles. The topological polar surface area (TPSA) is 37.3 Å². The second-order valence-electron chi connectivity index (χ2n) is 2.54. The lowest BCUT2D eigenvalue weighted by Gasteiger charge is -2.19. The van der Waals surface area contributed by atoms with Gasteiger partial charge >= 0.3 is 5.97 Å². The Morgan fingerprint density at radius 2 is 2.09 bits per heavy atom. The van der Waals surface area contributed by atoms with Crippen LogP contribution in [-0.4, -0.2) is 15.2 Å². The molecule has 0 aromatic heterocycles. The van der Waals surface area contributed by atoms with Crippen LogP contribution in [0.1, 0.15) is 19.8 Å². The quantitative estimate of drug-likeness (QED) is 0.742. The minimum Gasteiger partial charge on any atom is -0.481 e. The van der Waals surface area contributed by atoms with E-state index < -0.39 is 5.97 Å². The van der Waals surface area contributed by atoms with Crippen LogP contribution in [0, 0.1) is 0 Å². The average Bonchev–Trinajstić information content (AvgIpc) is 2.33. The van der Waals surface area contributed by atoms with E-state index in [1.165, 1.54) is 0 Å². The Labute approximate surface area is 74.4 Å². The fourth-order valence-electron chi connectivity index (χ4n) is 0.823. The molecule has 1 rings (SSSR count). The zero-order chi connectivity index (χ0) is 8.32. The van der Waals surface area contributed by atoms with Crippen molar-refractivity contribution < 1.29 is 9.90 Å². The van der Waals surface area contributed by atoms with Gasteiger partial charge in [0.05, 0.1) is 4.08 Å². The maximum Gasteiger partial charge on any atom is 0.303 e. The normalized spacial score (nSPS) is 20.5. The molecule has 1 aliphatic rings. The van der Waals surface area contributed by atoms with Gasteiger partial charge in [-0.3, -0.25) is 4.79 Å². The second-order valence-corrected chi connectivity index (χ2v) is 5.61. The molecule has 1 heterocycles. The van der Waals surface area contributed by atoms with Gasteiger partial charge in [-0.05, 0) is 24.2 Å². The third-order valence-corrected chi connectivity index (χ3v) is 4.18. The first-order valence-electron chi connectivity index (χ1n) is 3.35. The lowest BCUT2D eigenvalue weighted by molar-refractivity contribution is -0.137. The fourth-order valence-corrected chi connectivity index (χ4v) is 2.84. The Balaban J connectivity index is 2.30. The number of aliphatic carboxylic acids is 1. The van der Waals surface area contributed by atoms with Gasteiger partial charge in [-0.1, -0.05) is 0 Å². The SMILES string of the molecule is CC1(CCC(=O)O)SC=CS1. The van der Waals surface area contributed by atoms with Crippen molar-refractivity contribution in [1.82, 2.24) is 0 Å². The number of hydrogen-bond acceptors (Lipinski definition) is 3. The highest BCUT2D eigenvalue weighted by atomic mass is 32.2. The van der Waals surface area contributed by atoms with Crippen LogP contribution in [0.25, 0.3) is 0 Å². The van der Waals surface area contributed by atoms with Crippen molar-refractivity contribution in [2.75, 3.05) is 0 Å². The maximum absolute atomic E-state index is 10.3. The van der Waals surface area contributed by atoms with E-state index in [9.17, 15) is 4.79 Å². The summed E-state index contributed by atoms with van der Waals surface area (Å²) >= 11 is 3.41. The molecule has 62 valence electrons. The molecule has 11 heavy (non-hydrogen) atoms. The van der Waals surface area contributed by atoms with Gasteiger partial charge in [-0.15, -0.1) is 23.5 Å². The maximum atomic E-state index is 10.3. The Hall–Kier alpha value is -0.0900. The summed E-state index contributed by atoms with van der Waals surface area (Å²) in [5.41, 5.74) is 0. The van der Waals surface area contributed by atoms with Gasteiger partial charge in [-0.2, -0.15) is 0 Å². The molecule has 0 atom stereocenters. The third kappa shape index (κ3) is 2.79. The van der Waals surface area contributed by atoms with Crippen molar-refractivity contribution in [3.8, 4) is 0 Å². The molecule has 2 nitrogen and oxygen atoms in total. The lowest BCUT2D eigenvalue weighted by Crippen LogP contribution is -2.13. The van der Waals surface area contributed by atoms with Gasteiger partial charge in [0, 0.05) is 6.42 Å². The molecule has 0 unspecified atom stereocenters. The van der Waals surface area contributed by atoms with Crippen LogP contribution in [0.3, 0.4) is 0 Å². The Morgan fingerprint density at radius 3 is 2.55 bits per heavy atom. The summed E-state index contributed by atoms with van der Waals surface area (Å²) in [6, 6.07) is 0. The summed E-state index contributed by atoms with van der Waals surface area (Å²) in [7, 11) is 0. The van der Waals surface area contributed by atoms with Crippen LogP contribution >= 0.6 is 23.5 Å². The minimum atomic E-state index is -0.709. The molecule has 0 aliphatic carbocycles. The van der Waals surface area contributed by atoms with Crippen LogP contribution < -0.4 is 0 Å². The standard InChI is InChI=1S/C7H10O2S2/c1-7(3-2-6(8)9)10-4-5-11-7/h4-5H,2-3H2,1H3,(H,8,9). The van der Waals surface area contributed by atoms with Gasteiger partial charge in [-0.25, -0.2) is 0 Å². The van der Waals surface area contributed by atoms with Crippen molar-refractivity contribution in [1.29, 1.82) is 0 Å². The van der Waals surface area contributed by atoms with Gasteiger partial charge in [0.1, 0.15) is 0 Å². The first kappa shape index (κ1) is 9.00. The van der Waals surface area contributed by atoms with Crippen LogP contribution in [-0.2, 0) is 4.79 Å². The second kappa shape index (κ2) is 3.54. The number of carboxylic acids is 1. The number of thioether (sulfide) groups is 2. The highest BCUT2D eigenvalue weighted by Crippen LogP contribution is 2.47. The predicted molar refractivity (Wildman–Crippen MR) is 49.6 cm³/mol. The van der Waals surface area contributed by atoms with Gasteiger partial charge in [0.25, 0.3) is 0 Å². The highest BCUT2D eigenvalue weighted by Gasteiger charge is 2.27. The predicted octanol–water partition coefficient (Wildman–Crippen LogP) is 2.52. The molecule has 1 N–H and O–H groups in total. The molecule has 4 heteroatoms. The molecular formula is C7H10O2S2. The zero-order valence-electron chi connectivity index (χ0n) is 6.24. The van der Waals surface area contributed by atoms with Crippen LogP contribution in [0.2, 0.25) is 0 Å². The van der Waals surface area contributed by atoms with E-state index in [1.807, 2.05) is 10.8 Å². The molecular weight excluding hydrogens is 180 g/mol. The number of carboxylic acid groups (broad SMARTS) is 1. The largest absolute Gasteiger partial charge is 0.481 e. The molecule has 0 spiro atoms. The molecule has 1 aliphatic heterocycles. The van der Waals surface area contributed by atoms with Crippen LogP contribution in [0.5, 0.6) is 0 Å². The van der Waals surface area contributed by atoms with E-state index in [0.717, 1.165) is 6.42 Å². The molecule has 0 radical (unpaired) electrons. The highest BCUT2D eigenvalue weighted by molar-refractivity contribution is 8.23. The molecule has 0 saturated carbocycles. The van der Waals surface area contributed by atoms with E-state index in [-0.39, 0.29) is 10.5 Å². The Bertz CT molecular complexity index is 181. The summed E-state index contributed by atoms with van der Waals surface area (Å²) in [6.45, 7) is 2.07. The Kier molecular flexibility index (Phi) is 2.90. The zero-order valence-corrected chi connectivity index (χ0v) is 7.87. The molecule has 0 amide bonds. The molecule has 0 bridgehead atoms. The van der Waals surface area contributed by atoms with Crippen molar-refractivity contribution in [2.24, 2.45) is 0 Å². The van der Waals surface area contributed by atoms with E-state index in [4.69, 9.17) is 5.11 Å². The van der Waals surface area contributed by atoms with Crippen molar-refractivity contribution in [3.63, 3.8) is 0 Å². The summed E-state index contributed by atoms with van der Waals surface area (Å²) in [5.74, 6) is -0.709. The van der Waals surface area contributed by atoms with Crippen molar-refractivity contribution >= 4 is 29.5 Å². The summed E-state index contributed by atoms with van der Waals surface area (Å²) < 4.78 is 0.0678. The summed E-state index contributed by atoms with van der Waals surface area (Å²) in [5, 5.41) is 12.5. The van der Waals surface area contributed by atoms with Crippen molar-refractivity contribution in [3.05, 3.63) is 10.8 Å². The minimum absolute atomic E-state index is 0.0678. The molecule has 0 aromatic rings. The van der Waals surface area contributed by atoms with E-state index in [0.29, 0.717) is 0 Å². The van der Waals surface area contributed by atoms with Crippen molar-refractivity contribution in [2.45, 2.75) is 23.8 Å². The molecule has 0 fully saturated rings. The summed E-state index contributed by atoms with van der Waals surface area (Å²) in [4.78, 5) is 10.3. The molecule has 0 aromatic carbocycles. The summed E-state index contributed by atoms with van der Waals surface area (Å²) in [6.07, 6.45) is 0.989. The number of carbonyl (C=O) groups is 1. The number of hydrogen-bond donors (Lipinski definition) is 1. The number of rotatable bonds is 3. The van der Waals surface area contributed by atoms with Crippen LogP contribution in [0.15, 0.2) is 10.8 Å². The monoisotopic (exact) mass is 190 g/mol. The first-order chi connectivity index (χ1) is 5.12. The average molecular weight is 190 g/mol.